The monoisotopic (exact) mass is 210 g/mol. The summed E-state index contributed by atoms with van der Waals surface area (Å²) in [7, 11) is 0. The van der Waals surface area contributed by atoms with E-state index in [0.29, 0.717) is 32.5 Å². The number of carbonyl (C=O) groups excluding carboxylic acids is 3. The predicted molar refractivity (Wildman–Crippen MR) is 54.0 cm³/mol. The Kier molecular flexibility index (Phi) is 4.03. The van der Waals surface area contributed by atoms with Crippen LogP contribution in [-0.2, 0) is 14.4 Å². The molecule has 0 atom stereocenters. The topological polar surface area (TPSA) is 57.7 Å². The van der Waals surface area contributed by atoms with Crippen molar-refractivity contribution in [1.82, 2.24) is 9.80 Å². The van der Waals surface area contributed by atoms with Crippen LogP contribution in [0.3, 0.4) is 0 Å². The second kappa shape index (κ2) is 5.29. The van der Waals surface area contributed by atoms with Crippen molar-refractivity contribution in [1.29, 1.82) is 0 Å². The number of allylic oxidation sites excluding steroid dienone is 1. The number of carbonyl (C=O) groups is 3. The molecule has 0 aromatic heterocycles. The van der Waals surface area contributed by atoms with Gasteiger partial charge in [0.2, 0.25) is 12.2 Å². The van der Waals surface area contributed by atoms with E-state index in [9.17, 15) is 14.4 Å². The number of nitrogens with zero attached hydrogens (tertiary/aromatic N) is 2. The highest BCUT2D eigenvalue weighted by Crippen LogP contribution is 2.02. The van der Waals surface area contributed by atoms with E-state index in [0.717, 1.165) is 0 Å². The van der Waals surface area contributed by atoms with Crippen LogP contribution in [0.4, 0.5) is 0 Å². The number of rotatable bonds is 2. The Bertz CT molecular complexity index is 291. The van der Waals surface area contributed by atoms with Gasteiger partial charge in [0.15, 0.2) is 0 Å². The standard InChI is InChI=1S/C10H14N2O3/c1-2-3-9(14)11-4-6-12(7-5-11)10(15)8-13/h2-3,8H,4-7H2,1H3/b3-2+. The first-order chi connectivity index (χ1) is 7.19. The maximum atomic E-state index is 11.4. The molecule has 5 heteroatoms. The van der Waals surface area contributed by atoms with Crippen LogP contribution in [0.1, 0.15) is 6.92 Å². The largest absolute Gasteiger partial charge is 0.336 e. The molecule has 0 unspecified atom stereocenters. The van der Waals surface area contributed by atoms with Gasteiger partial charge in [-0.3, -0.25) is 14.4 Å². The van der Waals surface area contributed by atoms with Gasteiger partial charge in [-0.25, -0.2) is 0 Å². The molecule has 1 fully saturated rings. The molecule has 2 amide bonds. The Balaban J connectivity index is 2.45. The molecule has 5 nitrogen and oxygen atoms in total. The fourth-order valence-electron chi connectivity index (χ4n) is 1.47. The second-order valence-corrected chi connectivity index (χ2v) is 3.27. The van der Waals surface area contributed by atoms with Crippen molar-refractivity contribution in [3.63, 3.8) is 0 Å². The summed E-state index contributed by atoms with van der Waals surface area (Å²) in [6.07, 6.45) is 3.49. The predicted octanol–water partition coefficient (Wildman–Crippen LogP) is -0.568. The van der Waals surface area contributed by atoms with Gasteiger partial charge in [-0.2, -0.15) is 0 Å². The van der Waals surface area contributed by atoms with Gasteiger partial charge in [0.05, 0.1) is 0 Å². The lowest BCUT2D eigenvalue weighted by Crippen LogP contribution is -2.50. The zero-order valence-corrected chi connectivity index (χ0v) is 8.68. The third kappa shape index (κ3) is 2.90. The molecule has 82 valence electrons. The van der Waals surface area contributed by atoms with E-state index >= 15 is 0 Å². The average molecular weight is 210 g/mol. The minimum Gasteiger partial charge on any atom is -0.336 e. The van der Waals surface area contributed by atoms with E-state index in [4.69, 9.17) is 0 Å². The number of aldehydes is 1. The summed E-state index contributed by atoms with van der Waals surface area (Å²) in [4.78, 5) is 35.8. The molecule has 0 N–H and O–H groups in total. The summed E-state index contributed by atoms with van der Waals surface area (Å²) >= 11 is 0. The summed E-state index contributed by atoms with van der Waals surface area (Å²) in [5.74, 6) is -0.552. The molecule has 15 heavy (non-hydrogen) atoms. The summed E-state index contributed by atoms with van der Waals surface area (Å²) in [5, 5.41) is 0. The van der Waals surface area contributed by atoms with Crippen LogP contribution < -0.4 is 0 Å². The lowest BCUT2D eigenvalue weighted by Gasteiger charge is -2.33. The van der Waals surface area contributed by atoms with E-state index in [2.05, 4.69) is 0 Å². The van der Waals surface area contributed by atoms with Gasteiger partial charge in [0.1, 0.15) is 0 Å². The molecule has 0 saturated carbocycles. The molecular weight excluding hydrogens is 196 g/mol. The molecule has 0 aromatic carbocycles. The lowest BCUT2D eigenvalue weighted by molar-refractivity contribution is -0.141. The van der Waals surface area contributed by atoms with Gasteiger partial charge in [-0.05, 0) is 13.0 Å². The second-order valence-electron chi connectivity index (χ2n) is 3.27. The molecule has 0 aliphatic carbocycles. The van der Waals surface area contributed by atoms with Gasteiger partial charge >= 0.3 is 0 Å². The first kappa shape index (κ1) is 11.4. The van der Waals surface area contributed by atoms with Crippen LogP contribution in [0.25, 0.3) is 0 Å². The van der Waals surface area contributed by atoms with E-state index in [1.807, 2.05) is 0 Å². The molecular formula is C10H14N2O3. The molecule has 1 aliphatic heterocycles. The van der Waals surface area contributed by atoms with Crippen molar-refractivity contribution in [2.45, 2.75) is 6.92 Å². The van der Waals surface area contributed by atoms with Gasteiger partial charge < -0.3 is 9.80 Å². The zero-order chi connectivity index (χ0) is 11.3. The Morgan fingerprint density at radius 1 is 1.00 bits per heavy atom. The van der Waals surface area contributed by atoms with E-state index in [-0.39, 0.29) is 5.91 Å². The fraction of sp³-hybridized carbons (Fsp3) is 0.500. The fourth-order valence-corrected chi connectivity index (χ4v) is 1.47. The number of piperazine rings is 1. The highest BCUT2D eigenvalue weighted by Gasteiger charge is 2.22. The van der Waals surface area contributed by atoms with Crippen LogP contribution in [0.15, 0.2) is 12.2 Å². The molecule has 1 heterocycles. The summed E-state index contributed by atoms with van der Waals surface area (Å²) in [5.41, 5.74) is 0. The van der Waals surface area contributed by atoms with Crippen LogP contribution >= 0.6 is 0 Å². The molecule has 0 spiro atoms. The van der Waals surface area contributed by atoms with Crippen molar-refractivity contribution < 1.29 is 14.4 Å². The Labute approximate surface area is 88.3 Å². The first-order valence-electron chi connectivity index (χ1n) is 4.84. The van der Waals surface area contributed by atoms with E-state index < -0.39 is 5.91 Å². The maximum Gasteiger partial charge on any atom is 0.286 e. The third-order valence-electron chi connectivity index (χ3n) is 2.31. The Morgan fingerprint density at radius 2 is 1.47 bits per heavy atom. The zero-order valence-electron chi connectivity index (χ0n) is 8.68. The number of amides is 2. The van der Waals surface area contributed by atoms with Gasteiger partial charge in [0, 0.05) is 26.2 Å². The minimum absolute atomic E-state index is 0.0456. The molecule has 0 bridgehead atoms. The SMILES string of the molecule is C/C=C/C(=O)N1CCN(C(=O)C=O)CC1. The summed E-state index contributed by atoms with van der Waals surface area (Å²) in [6, 6.07) is 0. The molecule has 1 rings (SSSR count). The van der Waals surface area contributed by atoms with Crippen LogP contribution in [-0.4, -0.2) is 54.1 Å². The van der Waals surface area contributed by atoms with Crippen molar-refractivity contribution >= 4 is 18.1 Å². The normalized spacial score (nSPS) is 16.9. The van der Waals surface area contributed by atoms with Crippen molar-refractivity contribution in [2.75, 3.05) is 26.2 Å². The minimum atomic E-state index is -0.506. The molecule has 0 aromatic rings. The van der Waals surface area contributed by atoms with Gasteiger partial charge in [0.25, 0.3) is 5.91 Å². The first-order valence-corrected chi connectivity index (χ1v) is 4.84. The van der Waals surface area contributed by atoms with Crippen molar-refractivity contribution in [3.05, 3.63) is 12.2 Å². The quantitative estimate of drug-likeness (QED) is 0.348. The van der Waals surface area contributed by atoms with Crippen molar-refractivity contribution in [2.24, 2.45) is 0 Å². The van der Waals surface area contributed by atoms with Crippen LogP contribution in [0, 0.1) is 0 Å². The summed E-state index contributed by atoms with van der Waals surface area (Å²) in [6.45, 7) is 3.62. The van der Waals surface area contributed by atoms with Crippen LogP contribution in [0.2, 0.25) is 0 Å². The van der Waals surface area contributed by atoms with E-state index in [1.54, 1.807) is 17.9 Å². The van der Waals surface area contributed by atoms with Gasteiger partial charge in [-0.1, -0.05) is 6.08 Å². The molecule has 0 radical (unpaired) electrons. The van der Waals surface area contributed by atoms with Crippen LogP contribution in [0.5, 0.6) is 0 Å². The molecule has 1 saturated heterocycles. The van der Waals surface area contributed by atoms with Gasteiger partial charge in [-0.15, -0.1) is 0 Å². The molecule has 1 aliphatic rings. The maximum absolute atomic E-state index is 11.4. The summed E-state index contributed by atoms with van der Waals surface area (Å²) < 4.78 is 0. The number of hydrogen-bond donors (Lipinski definition) is 0. The Morgan fingerprint density at radius 3 is 1.87 bits per heavy atom. The van der Waals surface area contributed by atoms with E-state index in [1.165, 1.54) is 11.0 Å². The number of hydrogen-bond acceptors (Lipinski definition) is 3. The average Bonchev–Trinajstić information content (AvgIpc) is 2.28. The lowest BCUT2D eigenvalue weighted by atomic mass is 10.3. The smallest absolute Gasteiger partial charge is 0.286 e. The highest BCUT2D eigenvalue weighted by molar-refractivity contribution is 6.23. The highest BCUT2D eigenvalue weighted by atomic mass is 16.2. The third-order valence-corrected chi connectivity index (χ3v) is 2.31. The Hall–Kier alpha value is -1.65. The van der Waals surface area contributed by atoms with Crippen molar-refractivity contribution in [3.8, 4) is 0 Å².